The summed E-state index contributed by atoms with van der Waals surface area (Å²) in [5.41, 5.74) is 0.968. The van der Waals surface area contributed by atoms with E-state index in [2.05, 4.69) is 10.6 Å². The Morgan fingerprint density at radius 3 is 2.56 bits per heavy atom. The fourth-order valence-corrected chi connectivity index (χ4v) is 3.10. The Balaban J connectivity index is 1.71. The zero-order valence-electron chi connectivity index (χ0n) is 13.6. The Bertz CT molecular complexity index is 727. The Hall–Kier alpha value is -2.28. The summed E-state index contributed by atoms with van der Waals surface area (Å²) in [5, 5.41) is 5.99. The van der Waals surface area contributed by atoms with E-state index in [9.17, 15) is 18.0 Å². The van der Waals surface area contributed by atoms with Gasteiger partial charge in [0.05, 0.1) is 12.0 Å². The second kappa shape index (κ2) is 6.92. The topological polar surface area (TPSA) is 54.3 Å². The highest BCUT2D eigenvalue weighted by molar-refractivity contribution is 5.80. The smallest absolute Gasteiger partial charge is 0.449 e. The van der Waals surface area contributed by atoms with Crippen LogP contribution in [0.4, 0.5) is 13.2 Å². The number of amides is 1. The molecule has 1 aliphatic rings. The number of benzene rings is 1. The normalized spacial score (nSPS) is 21.9. The Morgan fingerprint density at radius 2 is 1.92 bits per heavy atom. The van der Waals surface area contributed by atoms with Crippen molar-refractivity contribution >= 4 is 5.91 Å². The van der Waals surface area contributed by atoms with E-state index in [1.165, 1.54) is 6.07 Å². The van der Waals surface area contributed by atoms with Gasteiger partial charge in [0, 0.05) is 19.0 Å². The van der Waals surface area contributed by atoms with Gasteiger partial charge in [-0.05, 0) is 24.6 Å². The van der Waals surface area contributed by atoms with Gasteiger partial charge in [-0.3, -0.25) is 4.79 Å². The van der Waals surface area contributed by atoms with Crippen molar-refractivity contribution in [3.05, 3.63) is 59.5 Å². The first-order chi connectivity index (χ1) is 11.9. The van der Waals surface area contributed by atoms with Crippen LogP contribution >= 0.6 is 0 Å². The molecule has 0 spiro atoms. The summed E-state index contributed by atoms with van der Waals surface area (Å²) in [4.78, 5) is 12.6. The standard InChI is InChI=1S/C18H19F3N2O2/c1-11(12-5-3-2-4-6-12)23-17(24)14-10-22-9-13(14)15-7-8-16(25-15)18(19,20)21/h2-8,11,13-14,22H,9-10H2,1H3,(H,23,24)/t11-,13+,14+/m0/s1. The van der Waals surface area contributed by atoms with Gasteiger partial charge in [-0.15, -0.1) is 0 Å². The zero-order valence-corrected chi connectivity index (χ0v) is 13.6. The maximum absolute atomic E-state index is 12.7. The van der Waals surface area contributed by atoms with Crippen molar-refractivity contribution in [2.75, 3.05) is 13.1 Å². The summed E-state index contributed by atoms with van der Waals surface area (Å²) in [7, 11) is 0. The molecule has 1 aromatic carbocycles. The second-order valence-corrected chi connectivity index (χ2v) is 6.21. The summed E-state index contributed by atoms with van der Waals surface area (Å²) in [6, 6.07) is 11.5. The van der Waals surface area contributed by atoms with Crippen LogP contribution in [-0.4, -0.2) is 19.0 Å². The fourth-order valence-electron chi connectivity index (χ4n) is 3.10. The summed E-state index contributed by atoms with van der Waals surface area (Å²) in [5.74, 6) is -1.94. The van der Waals surface area contributed by atoms with Crippen molar-refractivity contribution in [3.8, 4) is 0 Å². The molecule has 134 valence electrons. The van der Waals surface area contributed by atoms with E-state index >= 15 is 0 Å². The maximum Gasteiger partial charge on any atom is 0.449 e. The molecule has 4 nitrogen and oxygen atoms in total. The molecule has 1 amide bonds. The van der Waals surface area contributed by atoms with E-state index in [1.54, 1.807) is 0 Å². The number of hydrogen-bond donors (Lipinski definition) is 2. The molecule has 3 atom stereocenters. The van der Waals surface area contributed by atoms with Crippen LogP contribution in [0.2, 0.25) is 0 Å². The predicted octanol–water partition coefficient (Wildman–Crippen LogP) is 3.48. The van der Waals surface area contributed by atoms with Gasteiger partial charge in [-0.25, -0.2) is 0 Å². The lowest BCUT2D eigenvalue weighted by Gasteiger charge is -2.20. The molecule has 1 saturated heterocycles. The van der Waals surface area contributed by atoms with Gasteiger partial charge in [0.2, 0.25) is 11.7 Å². The first kappa shape index (κ1) is 17.5. The first-order valence-corrected chi connectivity index (χ1v) is 8.09. The number of nitrogens with one attached hydrogen (secondary N) is 2. The molecule has 1 fully saturated rings. The molecule has 1 aromatic heterocycles. The monoisotopic (exact) mass is 352 g/mol. The van der Waals surface area contributed by atoms with Gasteiger partial charge in [-0.2, -0.15) is 13.2 Å². The molecule has 2 heterocycles. The van der Waals surface area contributed by atoms with E-state index < -0.39 is 23.8 Å². The molecule has 0 saturated carbocycles. The molecule has 3 rings (SSSR count). The minimum atomic E-state index is -4.52. The zero-order chi connectivity index (χ0) is 18.0. The number of alkyl halides is 3. The largest absolute Gasteiger partial charge is 0.456 e. The van der Waals surface area contributed by atoms with Crippen LogP contribution in [0, 0.1) is 5.92 Å². The number of rotatable bonds is 4. The highest BCUT2D eigenvalue weighted by Crippen LogP contribution is 2.35. The van der Waals surface area contributed by atoms with Gasteiger partial charge in [0.15, 0.2) is 0 Å². The van der Waals surface area contributed by atoms with Crippen LogP contribution in [-0.2, 0) is 11.0 Å². The molecule has 1 aliphatic heterocycles. The van der Waals surface area contributed by atoms with Crippen molar-refractivity contribution in [3.63, 3.8) is 0 Å². The number of halogens is 3. The van der Waals surface area contributed by atoms with Crippen LogP contribution < -0.4 is 10.6 Å². The molecule has 2 N–H and O–H groups in total. The molecule has 25 heavy (non-hydrogen) atoms. The number of hydrogen-bond acceptors (Lipinski definition) is 3. The maximum atomic E-state index is 12.7. The minimum Gasteiger partial charge on any atom is -0.456 e. The van der Waals surface area contributed by atoms with E-state index in [-0.39, 0.29) is 17.7 Å². The van der Waals surface area contributed by atoms with Crippen LogP contribution in [0.15, 0.2) is 46.9 Å². The van der Waals surface area contributed by atoms with Gasteiger partial charge in [0.25, 0.3) is 0 Å². The molecule has 0 radical (unpaired) electrons. The lowest BCUT2D eigenvalue weighted by molar-refractivity contribution is -0.153. The van der Waals surface area contributed by atoms with Crippen molar-refractivity contribution in [2.24, 2.45) is 5.92 Å². The number of furan rings is 1. The number of carbonyl (C=O) groups excluding carboxylic acids is 1. The van der Waals surface area contributed by atoms with Crippen LogP contribution in [0.3, 0.4) is 0 Å². The van der Waals surface area contributed by atoms with Gasteiger partial charge in [0.1, 0.15) is 5.76 Å². The molecule has 0 unspecified atom stereocenters. The minimum absolute atomic E-state index is 0.183. The predicted molar refractivity (Wildman–Crippen MR) is 85.8 cm³/mol. The molecular formula is C18H19F3N2O2. The fraction of sp³-hybridized carbons (Fsp3) is 0.389. The molecule has 0 bridgehead atoms. The molecule has 7 heteroatoms. The average Bonchev–Trinajstić information content (AvgIpc) is 3.24. The quantitative estimate of drug-likeness (QED) is 0.886. The second-order valence-electron chi connectivity index (χ2n) is 6.21. The third-order valence-corrected chi connectivity index (χ3v) is 4.48. The van der Waals surface area contributed by atoms with Crippen molar-refractivity contribution in [1.82, 2.24) is 10.6 Å². The lowest BCUT2D eigenvalue weighted by Crippen LogP contribution is -2.35. The van der Waals surface area contributed by atoms with E-state index in [0.29, 0.717) is 13.1 Å². The van der Waals surface area contributed by atoms with Crippen molar-refractivity contribution < 1.29 is 22.4 Å². The molecular weight excluding hydrogens is 333 g/mol. The summed E-state index contributed by atoms with van der Waals surface area (Å²) < 4.78 is 43.1. The van der Waals surface area contributed by atoms with Gasteiger partial charge in [-0.1, -0.05) is 30.3 Å². The summed E-state index contributed by atoms with van der Waals surface area (Å²) in [6.07, 6.45) is -4.52. The van der Waals surface area contributed by atoms with Crippen LogP contribution in [0.5, 0.6) is 0 Å². The molecule has 2 aromatic rings. The van der Waals surface area contributed by atoms with Gasteiger partial charge >= 0.3 is 6.18 Å². The Morgan fingerprint density at radius 1 is 1.20 bits per heavy atom. The third-order valence-electron chi connectivity index (χ3n) is 4.48. The van der Waals surface area contributed by atoms with Crippen LogP contribution in [0.25, 0.3) is 0 Å². The van der Waals surface area contributed by atoms with Gasteiger partial charge < -0.3 is 15.1 Å². The van der Waals surface area contributed by atoms with E-state index in [0.717, 1.165) is 11.6 Å². The van der Waals surface area contributed by atoms with E-state index in [4.69, 9.17) is 4.42 Å². The first-order valence-electron chi connectivity index (χ1n) is 8.09. The van der Waals surface area contributed by atoms with E-state index in [1.807, 2.05) is 37.3 Å². The summed E-state index contributed by atoms with van der Waals surface area (Å²) >= 11 is 0. The highest BCUT2D eigenvalue weighted by Gasteiger charge is 2.39. The van der Waals surface area contributed by atoms with Crippen LogP contribution in [0.1, 0.15) is 36.0 Å². The lowest BCUT2D eigenvalue weighted by atomic mass is 9.92. The number of carbonyl (C=O) groups is 1. The highest BCUT2D eigenvalue weighted by atomic mass is 19.4. The Kier molecular flexibility index (Phi) is 4.85. The third kappa shape index (κ3) is 3.87. The SMILES string of the molecule is C[C@H](NC(=O)[C@@H]1CNC[C@H]1c1ccc(C(F)(F)F)o1)c1ccccc1. The van der Waals surface area contributed by atoms with Crippen molar-refractivity contribution in [2.45, 2.75) is 25.1 Å². The average molecular weight is 352 g/mol. The van der Waals surface area contributed by atoms with Crippen molar-refractivity contribution in [1.29, 1.82) is 0 Å². The summed E-state index contributed by atoms with van der Waals surface area (Å²) in [6.45, 7) is 2.68. The molecule has 0 aliphatic carbocycles. The Labute approximate surface area is 143 Å².